The maximum atomic E-state index is 12.4. The smallest absolute Gasteiger partial charge is 0.319 e. The van der Waals surface area contributed by atoms with Crippen molar-refractivity contribution in [3.63, 3.8) is 0 Å². The summed E-state index contributed by atoms with van der Waals surface area (Å²) in [6.45, 7) is 1.50. The van der Waals surface area contributed by atoms with Gasteiger partial charge < -0.3 is 14.9 Å². The van der Waals surface area contributed by atoms with Gasteiger partial charge in [0.1, 0.15) is 0 Å². The summed E-state index contributed by atoms with van der Waals surface area (Å²) < 4.78 is 0. The predicted octanol–water partition coefficient (Wildman–Crippen LogP) is 2.17. The van der Waals surface area contributed by atoms with Crippen LogP contribution in [0.4, 0.5) is 4.79 Å². The van der Waals surface area contributed by atoms with Crippen LogP contribution in [0, 0.1) is 5.92 Å². The molecule has 2 rings (SSSR count). The fourth-order valence-electron chi connectivity index (χ4n) is 3.24. The Labute approximate surface area is 114 Å². The number of urea groups is 1. The number of nitrogens with zero attached hydrogens (tertiary/aromatic N) is 2. The Balaban J connectivity index is 1.79. The standard InChI is InChI=1S/C14H24N2O3/c1-15(12-4-2-3-5-12)14(19)16-9-8-11(10-16)6-7-13(17)18/h11-12H,2-10H2,1H3,(H,17,18). The number of carboxylic acids is 1. The van der Waals surface area contributed by atoms with Crippen molar-refractivity contribution in [2.24, 2.45) is 5.92 Å². The maximum absolute atomic E-state index is 12.4. The molecule has 1 unspecified atom stereocenters. The number of hydrogen-bond donors (Lipinski definition) is 1. The van der Waals surface area contributed by atoms with E-state index in [0.29, 0.717) is 18.4 Å². The monoisotopic (exact) mass is 268 g/mol. The zero-order valence-electron chi connectivity index (χ0n) is 11.7. The second-order valence-electron chi connectivity index (χ2n) is 5.86. The van der Waals surface area contributed by atoms with Crippen molar-refractivity contribution >= 4 is 12.0 Å². The van der Waals surface area contributed by atoms with E-state index >= 15 is 0 Å². The Morgan fingerprint density at radius 3 is 2.58 bits per heavy atom. The Bertz CT molecular complexity index is 340. The minimum atomic E-state index is -0.743. The van der Waals surface area contributed by atoms with Crippen LogP contribution in [0.25, 0.3) is 0 Å². The van der Waals surface area contributed by atoms with Gasteiger partial charge in [-0.25, -0.2) is 4.79 Å². The van der Waals surface area contributed by atoms with Gasteiger partial charge in [-0.1, -0.05) is 12.8 Å². The Morgan fingerprint density at radius 2 is 1.95 bits per heavy atom. The first-order valence-corrected chi connectivity index (χ1v) is 7.31. The molecule has 0 bridgehead atoms. The molecule has 0 aromatic heterocycles. The van der Waals surface area contributed by atoms with Gasteiger partial charge in [0.2, 0.25) is 0 Å². The van der Waals surface area contributed by atoms with E-state index in [9.17, 15) is 9.59 Å². The molecule has 0 radical (unpaired) electrons. The third-order valence-corrected chi connectivity index (χ3v) is 4.50. The van der Waals surface area contributed by atoms with Crippen LogP contribution >= 0.6 is 0 Å². The highest BCUT2D eigenvalue weighted by Gasteiger charge is 2.31. The summed E-state index contributed by atoms with van der Waals surface area (Å²) in [7, 11) is 1.91. The molecule has 19 heavy (non-hydrogen) atoms. The fraction of sp³-hybridized carbons (Fsp3) is 0.857. The van der Waals surface area contributed by atoms with Gasteiger partial charge in [0, 0.05) is 32.6 Å². The Kier molecular flexibility index (Phi) is 4.66. The Hall–Kier alpha value is -1.26. The fourth-order valence-corrected chi connectivity index (χ4v) is 3.24. The van der Waals surface area contributed by atoms with Gasteiger partial charge in [0.05, 0.1) is 0 Å². The van der Waals surface area contributed by atoms with Crippen molar-refractivity contribution in [1.29, 1.82) is 0 Å². The van der Waals surface area contributed by atoms with Crippen LogP contribution in [0.15, 0.2) is 0 Å². The molecule has 1 aliphatic heterocycles. The number of carbonyl (C=O) groups excluding carboxylic acids is 1. The minimum absolute atomic E-state index is 0.129. The van der Waals surface area contributed by atoms with E-state index in [-0.39, 0.29) is 12.5 Å². The molecule has 0 aromatic rings. The lowest BCUT2D eigenvalue weighted by molar-refractivity contribution is -0.137. The second-order valence-corrected chi connectivity index (χ2v) is 5.86. The molecule has 1 aliphatic carbocycles. The van der Waals surface area contributed by atoms with Gasteiger partial charge in [-0.3, -0.25) is 4.79 Å². The molecular weight excluding hydrogens is 244 g/mol. The normalized spacial score (nSPS) is 23.8. The summed E-state index contributed by atoms with van der Waals surface area (Å²) in [6.07, 6.45) is 6.54. The molecule has 0 spiro atoms. The van der Waals surface area contributed by atoms with Gasteiger partial charge in [0.15, 0.2) is 0 Å². The molecule has 2 aliphatic rings. The van der Waals surface area contributed by atoms with Crippen molar-refractivity contribution in [3.8, 4) is 0 Å². The van der Waals surface area contributed by atoms with Gasteiger partial charge >= 0.3 is 12.0 Å². The molecule has 1 saturated heterocycles. The summed E-state index contributed by atoms with van der Waals surface area (Å²) in [4.78, 5) is 26.7. The predicted molar refractivity (Wildman–Crippen MR) is 72.0 cm³/mol. The molecule has 1 heterocycles. The van der Waals surface area contributed by atoms with Gasteiger partial charge in [0.25, 0.3) is 0 Å². The maximum Gasteiger partial charge on any atom is 0.319 e. The molecule has 0 aromatic carbocycles. The van der Waals surface area contributed by atoms with E-state index in [0.717, 1.165) is 32.4 Å². The lowest BCUT2D eigenvalue weighted by atomic mass is 10.0. The number of aliphatic carboxylic acids is 1. The highest BCUT2D eigenvalue weighted by Crippen LogP contribution is 2.26. The first-order chi connectivity index (χ1) is 9.08. The highest BCUT2D eigenvalue weighted by atomic mass is 16.4. The van der Waals surface area contributed by atoms with Crippen molar-refractivity contribution < 1.29 is 14.7 Å². The van der Waals surface area contributed by atoms with E-state index < -0.39 is 5.97 Å². The lowest BCUT2D eigenvalue weighted by Crippen LogP contribution is -2.44. The number of carbonyl (C=O) groups is 2. The quantitative estimate of drug-likeness (QED) is 0.850. The lowest BCUT2D eigenvalue weighted by Gasteiger charge is -2.29. The Morgan fingerprint density at radius 1 is 1.26 bits per heavy atom. The van der Waals surface area contributed by atoms with Gasteiger partial charge in [-0.05, 0) is 31.6 Å². The molecule has 1 N–H and O–H groups in total. The number of likely N-dealkylation sites (tertiary alicyclic amines) is 1. The molecule has 2 amide bonds. The number of carboxylic acid groups (broad SMARTS) is 1. The third kappa shape index (κ3) is 3.61. The summed E-state index contributed by atoms with van der Waals surface area (Å²) >= 11 is 0. The highest BCUT2D eigenvalue weighted by molar-refractivity contribution is 5.75. The van der Waals surface area contributed by atoms with E-state index in [1.54, 1.807) is 0 Å². The van der Waals surface area contributed by atoms with Crippen LogP contribution in [-0.2, 0) is 4.79 Å². The average Bonchev–Trinajstić information content (AvgIpc) is 3.05. The first kappa shape index (κ1) is 14.2. The van der Waals surface area contributed by atoms with Crippen LogP contribution in [0.2, 0.25) is 0 Å². The molecule has 108 valence electrons. The number of amides is 2. The van der Waals surface area contributed by atoms with E-state index in [1.165, 1.54) is 12.8 Å². The third-order valence-electron chi connectivity index (χ3n) is 4.50. The topological polar surface area (TPSA) is 60.9 Å². The van der Waals surface area contributed by atoms with Gasteiger partial charge in [-0.2, -0.15) is 0 Å². The van der Waals surface area contributed by atoms with Crippen LogP contribution in [-0.4, -0.2) is 53.1 Å². The zero-order valence-corrected chi connectivity index (χ0v) is 11.7. The van der Waals surface area contributed by atoms with E-state index in [2.05, 4.69) is 0 Å². The van der Waals surface area contributed by atoms with Crippen LogP contribution in [0.3, 0.4) is 0 Å². The molecule has 5 heteroatoms. The van der Waals surface area contributed by atoms with Crippen LogP contribution < -0.4 is 0 Å². The molecule has 2 fully saturated rings. The van der Waals surface area contributed by atoms with Crippen LogP contribution in [0.5, 0.6) is 0 Å². The second kappa shape index (κ2) is 6.26. The van der Waals surface area contributed by atoms with Crippen molar-refractivity contribution in [2.75, 3.05) is 20.1 Å². The zero-order chi connectivity index (χ0) is 13.8. The number of rotatable bonds is 4. The molecular formula is C14H24N2O3. The SMILES string of the molecule is CN(C(=O)N1CCC(CCC(=O)O)C1)C1CCCC1. The first-order valence-electron chi connectivity index (χ1n) is 7.31. The summed E-state index contributed by atoms with van der Waals surface area (Å²) in [5, 5.41) is 8.69. The average molecular weight is 268 g/mol. The molecule has 1 atom stereocenters. The van der Waals surface area contributed by atoms with Crippen molar-refractivity contribution in [2.45, 2.75) is 51.0 Å². The van der Waals surface area contributed by atoms with E-state index in [1.807, 2.05) is 16.8 Å². The van der Waals surface area contributed by atoms with E-state index in [4.69, 9.17) is 5.11 Å². The summed E-state index contributed by atoms with van der Waals surface area (Å²) in [5.41, 5.74) is 0. The molecule has 5 nitrogen and oxygen atoms in total. The largest absolute Gasteiger partial charge is 0.481 e. The summed E-state index contributed by atoms with van der Waals surface area (Å²) in [5.74, 6) is -0.384. The van der Waals surface area contributed by atoms with Crippen molar-refractivity contribution in [1.82, 2.24) is 9.80 Å². The van der Waals surface area contributed by atoms with Crippen LogP contribution in [0.1, 0.15) is 44.9 Å². The summed E-state index contributed by atoms with van der Waals surface area (Å²) in [6, 6.07) is 0.537. The minimum Gasteiger partial charge on any atom is -0.481 e. The van der Waals surface area contributed by atoms with Crippen molar-refractivity contribution in [3.05, 3.63) is 0 Å². The number of hydrogen-bond acceptors (Lipinski definition) is 2. The van der Waals surface area contributed by atoms with Gasteiger partial charge in [-0.15, -0.1) is 0 Å². The molecule has 1 saturated carbocycles.